The predicted octanol–water partition coefficient (Wildman–Crippen LogP) is 4.28. The van der Waals surface area contributed by atoms with E-state index in [4.69, 9.17) is 16.3 Å². The lowest BCUT2D eigenvalue weighted by Gasteiger charge is -2.21. The van der Waals surface area contributed by atoms with E-state index in [1.165, 1.54) is 19.3 Å². The first-order chi connectivity index (χ1) is 11.7. The number of carbonyl (C=O) groups is 1. The lowest BCUT2D eigenvalue weighted by Crippen LogP contribution is -2.21. The number of anilines is 1. The van der Waals surface area contributed by atoms with E-state index in [2.05, 4.69) is 10.3 Å². The molecule has 0 amide bonds. The average Bonchev–Trinajstić information content (AvgIpc) is 2.62. The van der Waals surface area contributed by atoms with Gasteiger partial charge < -0.3 is 10.1 Å². The fourth-order valence-corrected chi connectivity index (χ4v) is 3.25. The minimum Gasteiger partial charge on any atom is -0.461 e. The molecule has 0 spiro atoms. The summed E-state index contributed by atoms with van der Waals surface area (Å²) >= 11 is 6.15. The van der Waals surface area contributed by atoms with Crippen molar-refractivity contribution in [1.82, 2.24) is 0 Å². The van der Waals surface area contributed by atoms with Gasteiger partial charge in [-0.1, -0.05) is 43.0 Å². The zero-order valence-corrected chi connectivity index (χ0v) is 14.0. The van der Waals surface area contributed by atoms with Crippen molar-refractivity contribution in [3.63, 3.8) is 0 Å². The summed E-state index contributed by atoms with van der Waals surface area (Å²) in [5.41, 5.74) is 1.42. The molecule has 3 rings (SSSR count). The van der Waals surface area contributed by atoms with Crippen LogP contribution in [0.1, 0.15) is 32.1 Å². The largest absolute Gasteiger partial charge is 0.461 e. The Labute approximate surface area is 146 Å². The molecule has 2 aliphatic rings. The van der Waals surface area contributed by atoms with Crippen LogP contribution in [0, 0.1) is 17.2 Å². The molecule has 1 aromatic carbocycles. The number of fused-ring (bicyclic) bond motifs is 1. The molecule has 0 atom stereocenters. The number of aliphatic imine (C=N–C) groups is 1. The summed E-state index contributed by atoms with van der Waals surface area (Å²) in [6, 6.07) is 9.19. The van der Waals surface area contributed by atoms with Crippen molar-refractivity contribution in [3.8, 4) is 6.07 Å². The number of ether oxygens (including phenoxy) is 1. The maximum absolute atomic E-state index is 12.3. The van der Waals surface area contributed by atoms with Crippen LogP contribution in [0.15, 0.2) is 40.5 Å². The van der Waals surface area contributed by atoms with Gasteiger partial charge in [-0.25, -0.2) is 9.79 Å². The van der Waals surface area contributed by atoms with Gasteiger partial charge in [-0.15, -0.1) is 0 Å². The Morgan fingerprint density at radius 3 is 2.83 bits per heavy atom. The molecule has 1 aliphatic heterocycles. The second-order valence-electron chi connectivity index (χ2n) is 6.01. The zero-order valence-electron chi connectivity index (χ0n) is 13.2. The number of halogens is 1. The number of nitrogens with zero attached hydrogens (tertiary/aromatic N) is 2. The van der Waals surface area contributed by atoms with Crippen LogP contribution in [0.5, 0.6) is 0 Å². The van der Waals surface area contributed by atoms with E-state index in [-0.39, 0.29) is 16.4 Å². The number of benzene rings is 1. The number of esters is 1. The number of nitrogens with one attached hydrogen (secondary N) is 1. The van der Waals surface area contributed by atoms with Crippen molar-refractivity contribution in [2.24, 2.45) is 10.9 Å². The Morgan fingerprint density at radius 1 is 1.33 bits per heavy atom. The third kappa shape index (κ3) is 3.60. The van der Waals surface area contributed by atoms with Gasteiger partial charge in [0.2, 0.25) is 0 Å². The van der Waals surface area contributed by atoms with Crippen LogP contribution in [0.3, 0.4) is 0 Å². The van der Waals surface area contributed by atoms with Gasteiger partial charge in [-0.05, 0) is 30.9 Å². The number of nitriles is 1. The predicted molar refractivity (Wildman–Crippen MR) is 93.2 cm³/mol. The quantitative estimate of drug-likeness (QED) is 0.505. The fraction of sp³-hybridized carbons (Fsp3) is 0.389. The first-order valence-corrected chi connectivity index (χ1v) is 8.49. The molecule has 0 saturated heterocycles. The molecule has 6 heteroatoms. The molecule has 0 radical (unpaired) electrons. The maximum Gasteiger partial charge on any atom is 0.351 e. The highest BCUT2D eigenvalue weighted by Gasteiger charge is 2.25. The lowest BCUT2D eigenvalue weighted by atomic mass is 9.90. The van der Waals surface area contributed by atoms with Crippen LogP contribution in [-0.2, 0) is 9.53 Å². The van der Waals surface area contributed by atoms with E-state index in [1.54, 1.807) is 6.07 Å². The van der Waals surface area contributed by atoms with Crippen molar-refractivity contribution in [1.29, 1.82) is 5.26 Å². The van der Waals surface area contributed by atoms with Gasteiger partial charge in [0, 0.05) is 0 Å². The second kappa shape index (κ2) is 7.50. The van der Waals surface area contributed by atoms with Gasteiger partial charge in [-0.2, -0.15) is 5.26 Å². The summed E-state index contributed by atoms with van der Waals surface area (Å²) in [6.45, 7) is 0.350. The summed E-state index contributed by atoms with van der Waals surface area (Å²) in [6.07, 6.45) is 5.73. The number of para-hydroxylation sites is 2. The molecule has 124 valence electrons. The van der Waals surface area contributed by atoms with Crippen LogP contribution in [-0.4, -0.2) is 17.7 Å². The minimum atomic E-state index is -0.654. The van der Waals surface area contributed by atoms with E-state index < -0.39 is 5.97 Å². The first kappa shape index (κ1) is 16.5. The minimum absolute atomic E-state index is 0.0832. The average molecular weight is 344 g/mol. The van der Waals surface area contributed by atoms with Gasteiger partial charge in [0.1, 0.15) is 11.8 Å². The van der Waals surface area contributed by atoms with Crippen LogP contribution in [0.2, 0.25) is 0 Å². The van der Waals surface area contributed by atoms with Gasteiger partial charge in [-0.3, -0.25) is 0 Å². The van der Waals surface area contributed by atoms with Crippen LogP contribution >= 0.6 is 11.6 Å². The molecular formula is C18H18ClN3O2. The molecule has 1 heterocycles. The summed E-state index contributed by atoms with van der Waals surface area (Å²) in [7, 11) is 0. The molecule has 24 heavy (non-hydrogen) atoms. The van der Waals surface area contributed by atoms with Gasteiger partial charge in [0.05, 0.1) is 18.0 Å². The standard InChI is InChI=1S/C18H18ClN3O2/c19-17-16(21-14-8-4-5-9-15(14)22-17)13(10-20)18(23)24-11-12-6-2-1-3-7-12/h4-5,8-9,12,21H,1-3,6-7,11H2. The number of rotatable bonds is 3. The maximum atomic E-state index is 12.3. The van der Waals surface area contributed by atoms with Gasteiger partial charge in [0.25, 0.3) is 0 Å². The van der Waals surface area contributed by atoms with Crippen LogP contribution in [0.4, 0.5) is 11.4 Å². The normalized spacial score (nSPS) is 19.4. The van der Waals surface area contributed by atoms with E-state index in [1.807, 2.05) is 24.3 Å². The van der Waals surface area contributed by atoms with E-state index >= 15 is 0 Å². The Morgan fingerprint density at radius 2 is 2.08 bits per heavy atom. The molecule has 5 nitrogen and oxygen atoms in total. The fourth-order valence-electron chi connectivity index (χ4n) is 3.01. The molecule has 0 bridgehead atoms. The first-order valence-electron chi connectivity index (χ1n) is 8.11. The van der Waals surface area contributed by atoms with Crippen molar-refractivity contribution in [2.45, 2.75) is 32.1 Å². The number of hydrogen-bond acceptors (Lipinski definition) is 5. The molecule has 1 aromatic rings. The molecule has 0 unspecified atom stereocenters. The molecule has 1 aliphatic carbocycles. The highest BCUT2D eigenvalue weighted by atomic mass is 35.5. The van der Waals surface area contributed by atoms with E-state index in [0.29, 0.717) is 23.9 Å². The van der Waals surface area contributed by atoms with Gasteiger partial charge >= 0.3 is 5.97 Å². The van der Waals surface area contributed by atoms with Crippen LogP contribution in [0.25, 0.3) is 0 Å². The summed E-state index contributed by atoms with van der Waals surface area (Å²) in [5.74, 6) is -0.268. The highest BCUT2D eigenvalue weighted by Crippen LogP contribution is 2.32. The summed E-state index contributed by atoms with van der Waals surface area (Å²) in [4.78, 5) is 16.5. The summed E-state index contributed by atoms with van der Waals surface area (Å²) < 4.78 is 5.35. The molecule has 1 N–H and O–H groups in total. The van der Waals surface area contributed by atoms with Crippen molar-refractivity contribution in [3.05, 3.63) is 35.5 Å². The SMILES string of the molecule is N#CC(C(=O)OCC1CCCCC1)=C1Nc2ccccc2N=C1Cl. The Bertz CT molecular complexity index is 743. The van der Waals surface area contributed by atoms with E-state index in [0.717, 1.165) is 12.8 Å². The Hall–Kier alpha value is -2.32. The van der Waals surface area contributed by atoms with E-state index in [9.17, 15) is 10.1 Å². The van der Waals surface area contributed by atoms with Crippen LogP contribution < -0.4 is 5.32 Å². The monoisotopic (exact) mass is 343 g/mol. The number of hydrogen-bond donors (Lipinski definition) is 1. The molecule has 0 aromatic heterocycles. The van der Waals surface area contributed by atoms with Crippen molar-refractivity contribution in [2.75, 3.05) is 11.9 Å². The smallest absolute Gasteiger partial charge is 0.351 e. The lowest BCUT2D eigenvalue weighted by molar-refractivity contribution is -0.140. The van der Waals surface area contributed by atoms with Crippen molar-refractivity contribution >= 4 is 34.1 Å². The molecular weight excluding hydrogens is 326 g/mol. The third-order valence-electron chi connectivity index (χ3n) is 4.33. The molecule has 1 saturated carbocycles. The summed E-state index contributed by atoms with van der Waals surface area (Å²) in [5, 5.41) is 12.5. The Kier molecular flexibility index (Phi) is 5.17. The van der Waals surface area contributed by atoms with Gasteiger partial charge in [0.15, 0.2) is 10.7 Å². The number of carbonyl (C=O) groups excluding carboxylic acids is 1. The second-order valence-corrected chi connectivity index (χ2v) is 6.37. The Balaban J connectivity index is 1.76. The van der Waals surface area contributed by atoms with Crippen molar-refractivity contribution < 1.29 is 9.53 Å². The number of allylic oxidation sites excluding steroid dienone is 1. The highest BCUT2D eigenvalue weighted by molar-refractivity contribution is 6.70. The third-order valence-corrected chi connectivity index (χ3v) is 4.60. The zero-order chi connectivity index (χ0) is 16.9. The topological polar surface area (TPSA) is 74.5 Å². The molecule has 1 fully saturated rings.